The highest BCUT2D eigenvalue weighted by atomic mass is 16.2. The molecule has 0 saturated heterocycles. The molecule has 0 spiro atoms. The van der Waals surface area contributed by atoms with Gasteiger partial charge in [0, 0.05) is 55.5 Å². The van der Waals surface area contributed by atoms with Crippen LogP contribution in [0.1, 0.15) is 38.7 Å². The Morgan fingerprint density at radius 1 is 1.03 bits per heavy atom. The molecule has 1 N–H and O–H groups in total. The Labute approximate surface area is 182 Å². The fraction of sp³-hybridized carbons (Fsp3) is 0.333. The number of carbonyl (C=O) groups excluding carboxylic acids is 1. The highest BCUT2D eigenvalue weighted by Gasteiger charge is 2.21. The SMILES string of the molecule is Cc1ccc(-c2cc(C(=O)N(C)Cc3c(C)nc(C)[nH]c3=O)c(C)c(N(C)C)c2)cn1. The van der Waals surface area contributed by atoms with Gasteiger partial charge in [0.25, 0.3) is 11.5 Å². The van der Waals surface area contributed by atoms with Gasteiger partial charge in [-0.15, -0.1) is 0 Å². The van der Waals surface area contributed by atoms with Crippen molar-refractivity contribution in [2.24, 2.45) is 0 Å². The Bertz CT molecular complexity index is 1180. The lowest BCUT2D eigenvalue weighted by atomic mass is 9.97. The zero-order valence-electron chi connectivity index (χ0n) is 19.2. The number of pyridine rings is 1. The molecule has 0 aliphatic heterocycles. The number of hydrogen-bond donors (Lipinski definition) is 1. The van der Waals surface area contributed by atoms with Gasteiger partial charge in [-0.3, -0.25) is 14.6 Å². The second-order valence-electron chi connectivity index (χ2n) is 8.13. The quantitative estimate of drug-likeness (QED) is 0.685. The third-order valence-electron chi connectivity index (χ3n) is 5.42. The molecule has 1 amide bonds. The normalized spacial score (nSPS) is 10.8. The van der Waals surface area contributed by atoms with Gasteiger partial charge in [-0.25, -0.2) is 4.98 Å². The molecular weight excluding hydrogens is 390 g/mol. The van der Waals surface area contributed by atoms with Crippen LogP contribution in [0.5, 0.6) is 0 Å². The number of aromatic nitrogens is 3. The van der Waals surface area contributed by atoms with E-state index in [1.54, 1.807) is 25.8 Å². The van der Waals surface area contributed by atoms with Gasteiger partial charge < -0.3 is 14.8 Å². The van der Waals surface area contributed by atoms with Crippen LogP contribution < -0.4 is 10.5 Å². The number of benzene rings is 1. The van der Waals surface area contributed by atoms with Crippen LogP contribution in [0.3, 0.4) is 0 Å². The summed E-state index contributed by atoms with van der Waals surface area (Å²) in [6.45, 7) is 7.60. The van der Waals surface area contributed by atoms with E-state index in [-0.39, 0.29) is 18.0 Å². The van der Waals surface area contributed by atoms with Crippen molar-refractivity contribution in [3.8, 4) is 11.1 Å². The molecule has 0 bridgehead atoms. The number of H-pyrrole nitrogens is 1. The molecule has 0 unspecified atom stereocenters. The maximum atomic E-state index is 13.4. The Hall–Kier alpha value is -3.48. The van der Waals surface area contributed by atoms with Crippen LogP contribution in [0, 0.1) is 27.7 Å². The molecule has 2 aromatic heterocycles. The van der Waals surface area contributed by atoms with E-state index in [0.29, 0.717) is 22.6 Å². The standard InChI is InChI=1S/C24H29N5O2/c1-14-8-9-18(12-25-14)19-10-20(15(2)22(11-19)28(5)6)24(31)29(7)13-21-16(3)26-17(4)27-23(21)30/h8-12H,13H2,1-7H3,(H,26,27,30). The average Bonchev–Trinajstić information content (AvgIpc) is 2.70. The van der Waals surface area contributed by atoms with Crippen LogP contribution in [0.15, 0.2) is 35.3 Å². The van der Waals surface area contributed by atoms with Gasteiger partial charge in [-0.1, -0.05) is 6.07 Å². The number of rotatable bonds is 5. The first kappa shape index (κ1) is 22.2. The molecule has 2 heterocycles. The van der Waals surface area contributed by atoms with E-state index < -0.39 is 0 Å². The summed E-state index contributed by atoms with van der Waals surface area (Å²) in [6, 6.07) is 7.93. The first-order valence-electron chi connectivity index (χ1n) is 10.1. The summed E-state index contributed by atoms with van der Waals surface area (Å²) in [6.07, 6.45) is 1.82. The summed E-state index contributed by atoms with van der Waals surface area (Å²) >= 11 is 0. The lowest BCUT2D eigenvalue weighted by molar-refractivity contribution is 0.0783. The summed E-state index contributed by atoms with van der Waals surface area (Å²) in [5.74, 6) is 0.410. The predicted molar refractivity (Wildman–Crippen MR) is 124 cm³/mol. The topological polar surface area (TPSA) is 82.2 Å². The second kappa shape index (κ2) is 8.71. The largest absolute Gasteiger partial charge is 0.377 e. The van der Waals surface area contributed by atoms with Crippen molar-refractivity contribution in [1.82, 2.24) is 19.9 Å². The van der Waals surface area contributed by atoms with Crippen molar-refractivity contribution in [1.29, 1.82) is 0 Å². The van der Waals surface area contributed by atoms with Crippen molar-refractivity contribution in [3.63, 3.8) is 0 Å². The third-order valence-corrected chi connectivity index (χ3v) is 5.42. The number of aromatic amines is 1. The van der Waals surface area contributed by atoms with Crippen LogP contribution in [0.4, 0.5) is 5.69 Å². The first-order valence-corrected chi connectivity index (χ1v) is 10.1. The summed E-state index contributed by atoms with van der Waals surface area (Å²) in [4.78, 5) is 40.8. The third kappa shape index (κ3) is 4.66. The van der Waals surface area contributed by atoms with Crippen molar-refractivity contribution >= 4 is 11.6 Å². The molecule has 7 heteroatoms. The van der Waals surface area contributed by atoms with Gasteiger partial charge in [-0.2, -0.15) is 0 Å². The molecule has 0 atom stereocenters. The molecule has 7 nitrogen and oxygen atoms in total. The lowest BCUT2D eigenvalue weighted by Gasteiger charge is -2.23. The number of nitrogens with zero attached hydrogens (tertiary/aromatic N) is 4. The summed E-state index contributed by atoms with van der Waals surface area (Å²) in [5.41, 5.74) is 6.15. The number of nitrogens with one attached hydrogen (secondary N) is 1. The van der Waals surface area contributed by atoms with Crippen LogP contribution in [-0.2, 0) is 6.54 Å². The zero-order valence-corrected chi connectivity index (χ0v) is 19.2. The molecule has 0 radical (unpaired) electrons. The Kier molecular flexibility index (Phi) is 6.24. The van der Waals surface area contributed by atoms with E-state index in [2.05, 4.69) is 21.0 Å². The monoisotopic (exact) mass is 419 g/mol. The highest BCUT2D eigenvalue weighted by Crippen LogP contribution is 2.31. The van der Waals surface area contributed by atoms with Crippen LogP contribution in [0.2, 0.25) is 0 Å². The molecule has 3 rings (SSSR count). The number of hydrogen-bond acceptors (Lipinski definition) is 5. The van der Waals surface area contributed by atoms with Crippen molar-refractivity contribution < 1.29 is 4.79 Å². The highest BCUT2D eigenvalue weighted by molar-refractivity contribution is 5.98. The molecule has 0 aliphatic rings. The minimum absolute atomic E-state index is 0.151. The first-order chi connectivity index (χ1) is 14.6. The smallest absolute Gasteiger partial charge is 0.256 e. The van der Waals surface area contributed by atoms with E-state index in [0.717, 1.165) is 28.1 Å². The Morgan fingerprint density at radius 2 is 1.74 bits per heavy atom. The molecular formula is C24H29N5O2. The van der Waals surface area contributed by atoms with Gasteiger partial charge in [0.1, 0.15) is 5.82 Å². The predicted octanol–water partition coefficient (Wildman–Crippen LogP) is 3.40. The summed E-state index contributed by atoms with van der Waals surface area (Å²) in [5, 5.41) is 0. The second-order valence-corrected chi connectivity index (χ2v) is 8.13. The minimum atomic E-state index is -0.213. The van der Waals surface area contributed by atoms with Crippen LogP contribution >= 0.6 is 0 Å². The van der Waals surface area contributed by atoms with Crippen LogP contribution in [-0.4, -0.2) is 46.9 Å². The fourth-order valence-electron chi connectivity index (χ4n) is 3.64. The van der Waals surface area contributed by atoms with Gasteiger partial charge in [0.05, 0.1) is 12.1 Å². The molecule has 0 saturated carbocycles. The van der Waals surface area contributed by atoms with E-state index in [9.17, 15) is 9.59 Å². The number of anilines is 1. The Morgan fingerprint density at radius 3 is 2.32 bits per heavy atom. The molecule has 0 aliphatic carbocycles. The molecule has 0 fully saturated rings. The van der Waals surface area contributed by atoms with Gasteiger partial charge in [-0.05, 0) is 57.0 Å². The van der Waals surface area contributed by atoms with E-state index in [1.807, 2.05) is 57.2 Å². The van der Waals surface area contributed by atoms with E-state index in [4.69, 9.17) is 0 Å². The van der Waals surface area contributed by atoms with E-state index >= 15 is 0 Å². The van der Waals surface area contributed by atoms with Crippen molar-refractivity contribution in [2.75, 3.05) is 26.0 Å². The van der Waals surface area contributed by atoms with Gasteiger partial charge in [0.2, 0.25) is 0 Å². The Balaban J connectivity index is 2.03. The maximum Gasteiger partial charge on any atom is 0.256 e. The molecule has 3 aromatic rings. The number of carbonyl (C=O) groups is 1. The maximum absolute atomic E-state index is 13.4. The van der Waals surface area contributed by atoms with Crippen LogP contribution in [0.25, 0.3) is 11.1 Å². The zero-order chi connectivity index (χ0) is 22.9. The van der Waals surface area contributed by atoms with Gasteiger partial charge in [0.15, 0.2) is 0 Å². The van der Waals surface area contributed by atoms with E-state index in [1.165, 1.54) is 0 Å². The molecule has 1 aromatic carbocycles. The lowest BCUT2D eigenvalue weighted by Crippen LogP contribution is -2.31. The average molecular weight is 420 g/mol. The summed E-state index contributed by atoms with van der Waals surface area (Å²) in [7, 11) is 5.62. The van der Waals surface area contributed by atoms with Crippen molar-refractivity contribution in [2.45, 2.75) is 34.2 Å². The molecule has 162 valence electrons. The fourth-order valence-corrected chi connectivity index (χ4v) is 3.64. The number of amides is 1. The summed E-state index contributed by atoms with van der Waals surface area (Å²) < 4.78 is 0. The molecule has 31 heavy (non-hydrogen) atoms. The minimum Gasteiger partial charge on any atom is -0.377 e. The van der Waals surface area contributed by atoms with Crippen molar-refractivity contribution in [3.05, 3.63) is 74.7 Å². The van der Waals surface area contributed by atoms with Gasteiger partial charge >= 0.3 is 0 Å². The number of aryl methyl sites for hydroxylation is 3.